The summed E-state index contributed by atoms with van der Waals surface area (Å²) in [4.78, 5) is 21.1. The molecule has 0 spiro atoms. The van der Waals surface area contributed by atoms with Gasteiger partial charge in [0.15, 0.2) is 11.6 Å². The number of hydrogen-bond donors (Lipinski definition) is 1. The first-order chi connectivity index (χ1) is 7.77. The lowest BCUT2D eigenvalue weighted by molar-refractivity contribution is -0.120. The Kier molecular flexibility index (Phi) is 3.50. The van der Waals surface area contributed by atoms with Crippen molar-refractivity contribution in [2.45, 2.75) is 26.2 Å². The van der Waals surface area contributed by atoms with Crippen LogP contribution in [0.15, 0.2) is 12.1 Å². The minimum absolute atomic E-state index is 0.0660. The summed E-state index contributed by atoms with van der Waals surface area (Å²) in [5.74, 6) is -2.81. The third kappa shape index (κ3) is 2.81. The molecule has 0 saturated carbocycles. The first-order valence-electron chi connectivity index (χ1n) is 4.95. The van der Waals surface area contributed by atoms with Crippen molar-refractivity contribution in [1.82, 2.24) is 0 Å². The highest BCUT2D eigenvalue weighted by atomic mass is 19.1. The summed E-state index contributed by atoms with van der Waals surface area (Å²) in [6, 6.07) is 2.57. The van der Waals surface area contributed by atoms with E-state index in [0.29, 0.717) is 5.56 Å². The van der Waals surface area contributed by atoms with Crippen molar-refractivity contribution in [2.75, 3.05) is 0 Å². The number of carbonyl (C=O) groups is 2. The average molecular weight is 240 g/mol. The van der Waals surface area contributed by atoms with Gasteiger partial charge >= 0.3 is 5.97 Å². The quantitative estimate of drug-likeness (QED) is 0.824. The fourth-order valence-corrected chi connectivity index (χ4v) is 1.32. The zero-order valence-corrected chi connectivity index (χ0v) is 9.78. The molecule has 0 aliphatic heterocycles. The van der Waals surface area contributed by atoms with E-state index in [0.717, 1.165) is 0 Å². The molecule has 0 heterocycles. The van der Waals surface area contributed by atoms with Crippen molar-refractivity contribution < 1.29 is 23.8 Å². The molecule has 0 saturated heterocycles. The molecule has 0 aliphatic carbocycles. The van der Waals surface area contributed by atoms with E-state index < -0.39 is 17.3 Å². The molecule has 0 aromatic heterocycles. The number of carboxylic acid groups (broad SMARTS) is 1. The largest absolute Gasteiger partial charge is 0.478 e. The molecule has 0 atom stereocenters. The van der Waals surface area contributed by atoms with Crippen LogP contribution in [0.1, 0.15) is 36.7 Å². The first kappa shape index (κ1) is 13.2. The average Bonchev–Trinajstić information content (AvgIpc) is 2.19. The third-order valence-corrected chi connectivity index (χ3v) is 2.31. The van der Waals surface area contributed by atoms with Gasteiger partial charge in [0, 0.05) is 0 Å². The van der Waals surface area contributed by atoms with Crippen LogP contribution in [0.2, 0.25) is 0 Å². The molecule has 0 unspecified atom stereocenters. The van der Waals surface area contributed by atoms with Crippen molar-refractivity contribution in [3.63, 3.8) is 0 Å². The summed E-state index contributed by atoms with van der Waals surface area (Å²) < 4.78 is 18.1. The SMILES string of the molecule is CC(C)(C)c1cc(OC=O)c(F)c(C(=O)O)c1. The molecular formula is C12H13FO4. The van der Waals surface area contributed by atoms with Crippen LogP contribution in [-0.2, 0) is 10.2 Å². The molecular weight excluding hydrogens is 227 g/mol. The van der Waals surface area contributed by atoms with E-state index in [2.05, 4.69) is 4.74 Å². The minimum atomic E-state index is -1.40. The predicted octanol–water partition coefficient (Wildman–Crippen LogP) is 2.36. The molecule has 5 heteroatoms. The second-order valence-electron chi connectivity index (χ2n) is 4.61. The molecule has 0 amide bonds. The van der Waals surface area contributed by atoms with E-state index in [-0.39, 0.29) is 17.6 Å². The molecule has 1 aromatic carbocycles. The van der Waals surface area contributed by atoms with Gasteiger partial charge in [0.05, 0.1) is 5.56 Å². The smallest absolute Gasteiger partial charge is 0.338 e. The molecule has 1 rings (SSSR count). The number of benzene rings is 1. The van der Waals surface area contributed by atoms with Crippen molar-refractivity contribution in [1.29, 1.82) is 0 Å². The number of carboxylic acids is 1. The van der Waals surface area contributed by atoms with Crippen molar-refractivity contribution in [2.24, 2.45) is 0 Å². The normalized spacial score (nSPS) is 11.1. The van der Waals surface area contributed by atoms with Crippen LogP contribution in [0.5, 0.6) is 5.75 Å². The summed E-state index contributed by atoms with van der Waals surface area (Å²) in [6.07, 6.45) is 0. The standard InChI is InChI=1S/C12H13FO4/c1-12(2,3)7-4-8(11(15)16)10(13)9(5-7)17-6-14/h4-6H,1-3H3,(H,15,16). The molecule has 17 heavy (non-hydrogen) atoms. The highest BCUT2D eigenvalue weighted by Gasteiger charge is 2.22. The zero-order valence-electron chi connectivity index (χ0n) is 9.78. The molecule has 1 aromatic rings. The molecule has 1 N–H and O–H groups in total. The maximum atomic E-state index is 13.6. The van der Waals surface area contributed by atoms with Crippen LogP contribution in [0.3, 0.4) is 0 Å². The fourth-order valence-electron chi connectivity index (χ4n) is 1.32. The Morgan fingerprint density at radius 2 is 2.00 bits per heavy atom. The number of aromatic carboxylic acids is 1. The maximum Gasteiger partial charge on any atom is 0.338 e. The topological polar surface area (TPSA) is 63.6 Å². The number of ether oxygens (including phenoxy) is 1. The van der Waals surface area contributed by atoms with Crippen LogP contribution < -0.4 is 4.74 Å². The first-order valence-corrected chi connectivity index (χ1v) is 4.95. The van der Waals surface area contributed by atoms with Crippen LogP contribution in [0.4, 0.5) is 4.39 Å². The number of rotatable bonds is 3. The van der Waals surface area contributed by atoms with Crippen LogP contribution in [0, 0.1) is 5.82 Å². The van der Waals surface area contributed by atoms with Crippen molar-refractivity contribution >= 4 is 12.4 Å². The molecule has 0 radical (unpaired) electrons. The summed E-state index contributed by atoms with van der Waals surface area (Å²) >= 11 is 0. The molecule has 4 nitrogen and oxygen atoms in total. The Morgan fingerprint density at radius 1 is 1.41 bits per heavy atom. The fraction of sp³-hybridized carbons (Fsp3) is 0.333. The summed E-state index contributed by atoms with van der Waals surface area (Å²) in [5.41, 5.74) is -0.304. The summed E-state index contributed by atoms with van der Waals surface area (Å²) in [5, 5.41) is 8.86. The van der Waals surface area contributed by atoms with Gasteiger partial charge in [-0.25, -0.2) is 9.18 Å². The van der Waals surface area contributed by atoms with Gasteiger partial charge in [0.1, 0.15) is 0 Å². The van der Waals surface area contributed by atoms with Gasteiger partial charge in [-0.3, -0.25) is 4.79 Å². The van der Waals surface area contributed by atoms with Crippen LogP contribution in [-0.4, -0.2) is 17.5 Å². The monoisotopic (exact) mass is 240 g/mol. The number of halogens is 1. The molecule has 0 fully saturated rings. The Balaban J connectivity index is 3.47. The van der Waals surface area contributed by atoms with E-state index in [1.54, 1.807) is 0 Å². The summed E-state index contributed by atoms with van der Waals surface area (Å²) in [7, 11) is 0. The number of carbonyl (C=O) groups excluding carboxylic acids is 1. The Labute approximate surface area is 98.0 Å². The second-order valence-corrected chi connectivity index (χ2v) is 4.61. The van der Waals surface area contributed by atoms with Gasteiger partial charge in [-0.05, 0) is 23.1 Å². The van der Waals surface area contributed by atoms with Crippen LogP contribution >= 0.6 is 0 Å². The predicted molar refractivity (Wildman–Crippen MR) is 58.8 cm³/mol. The summed E-state index contributed by atoms with van der Waals surface area (Å²) in [6.45, 7) is 5.60. The molecule has 0 bridgehead atoms. The molecule has 0 aliphatic rings. The Bertz CT molecular complexity index is 460. The van der Waals surface area contributed by atoms with Gasteiger partial charge in [-0.2, -0.15) is 0 Å². The van der Waals surface area contributed by atoms with Crippen LogP contribution in [0.25, 0.3) is 0 Å². The van der Waals surface area contributed by atoms with E-state index in [4.69, 9.17) is 5.11 Å². The van der Waals surface area contributed by atoms with Crippen molar-refractivity contribution in [3.05, 3.63) is 29.1 Å². The van der Waals surface area contributed by atoms with E-state index in [1.807, 2.05) is 20.8 Å². The van der Waals surface area contributed by atoms with Gasteiger partial charge < -0.3 is 9.84 Å². The minimum Gasteiger partial charge on any atom is -0.478 e. The van der Waals surface area contributed by atoms with E-state index in [1.165, 1.54) is 12.1 Å². The molecule has 92 valence electrons. The lowest BCUT2D eigenvalue weighted by Crippen LogP contribution is -2.14. The van der Waals surface area contributed by atoms with E-state index >= 15 is 0 Å². The van der Waals surface area contributed by atoms with Gasteiger partial charge in [-0.15, -0.1) is 0 Å². The number of hydrogen-bond acceptors (Lipinski definition) is 3. The lowest BCUT2D eigenvalue weighted by atomic mass is 9.86. The Hall–Kier alpha value is -1.91. The zero-order chi connectivity index (χ0) is 13.2. The highest BCUT2D eigenvalue weighted by Crippen LogP contribution is 2.30. The van der Waals surface area contributed by atoms with Crippen molar-refractivity contribution in [3.8, 4) is 5.75 Å². The van der Waals surface area contributed by atoms with Gasteiger partial charge in [0.25, 0.3) is 6.47 Å². The van der Waals surface area contributed by atoms with Gasteiger partial charge in [0.2, 0.25) is 0 Å². The Morgan fingerprint density at radius 3 is 2.41 bits per heavy atom. The maximum absolute atomic E-state index is 13.6. The lowest BCUT2D eigenvalue weighted by Gasteiger charge is -2.20. The highest BCUT2D eigenvalue weighted by molar-refractivity contribution is 5.89. The van der Waals surface area contributed by atoms with Gasteiger partial charge in [-0.1, -0.05) is 20.8 Å². The van der Waals surface area contributed by atoms with E-state index in [9.17, 15) is 14.0 Å². The second kappa shape index (κ2) is 4.53. The third-order valence-electron chi connectivity index (χ3n) is 2.31.